The second kappa shape index (κ2) is 6.21. The second-order valence-corrected chi connectivity index (χ2v) is 10.4. The zero-order valence-electron chi connectivity index (χ0n) is 19.4. The predicted molar refractivity (Wildman–Crippen MR) is 126 cm³/mol. The van der Waals surface area contributed by atoms with Crippen LogP contribution >= 0.6 is 0 Å². The molecule has 1 N–H and O–H groups in total. The normalized spacial score (nSPS) is 24.2. The summed E-state index contributed by atoms with van der Waals surface area (Å²) in [6.07, 6.45) is 3.48. The van der Waals surface area contributed by atoms with Crippen LogP contribution in [0.5, 0.6) is 0 Å². The molecule has 2 aliphatic rings. The highest BCUT2D eigenvalue weighted by molar-refractivity contribution is 5.97. The van der Waals surface area contributed by atoms with E-state index < -0.39 is 0 Å². The molecular weight excluding hydrogens is 398 g/mol. The Morgan fingerprint density at radius 2 is 1.97 bits per heavy atom. The minimum Gasteiger partial charge on any atom is -0.345 e. The number of likely N-dealkylation sites (tertiary alicyclic amines) is 1. The number of amides is 1. The van der Waals surface area contributed by atoms with E-state index in [9.17, 15) is 4.79 Å². The molecule has 32 heavy (non-hydrogen) atoms. The van der Waals surface area contributed by atoms with Crippen molar-refractivity contribution in [3.05, 3.63) is 59.2 Å². The zero-order valence-corrected chi connectivity index (χ0v) is 19.4. The lowest BCUT2D eigenvalue weighted by atomic mass is 9.51. The predicted octanol–water partition coefficient (Wildman–Crippen LogP) is 4.51. The molecule has 6 rings (SSSR count). The van der Waals surface area contributed by atoms with Crippen molar-refractivity contribution in [1.29, 1.82) is 0 Å². The molecule has 1 saturated heterocycles. The van der Waals surface area contributed by atoms with Crippen molar-refractivity contribution in [2.45, 2.75) is 52.0 Å². The summed E-state index contributed by atoms with van der Waals surface area (Å²) >= 11 is 0. The molecule has 1 aliphatic carbocycles. The van der Waals surface area contributed by atoms with Gasteiger partial charge in [0.15, 0.2) is 0 Å². The van der Waals surface area contributed by atoms with Gasteiger partial charge in [-0.1, -0.05) is 20.8 Å². The number of carbonyl (C=O) groups excluding carboxylic acids is 1. The molecule has 1 amide bonds. The van der Waals surface area contributed by atoms with Crippen LogP contribution in [-0.4, -0.2) is 42.9 Å². The number of benzene rings is 2. The van der Waals surface area contributed by atoms with Crippen molar-refractivity contribution >= 4 is 28.0 Å². The summed E-state index contributed by atoms with van der Waals surface area (Å²) in [6, 6.07) is 10.5. The van der Waals surface area contributed by atoms with E-state index in [2.05, 4.69) is 66.3 Å². The fraction of sp³-hybridized carbons (Fsp3) is 0.423. The molecule has 2 aromatic carbocycles. The van der Waals surface area contributed by atoms with Crippen LogP contribution in [0.2, 0.25) is 0 Å². The van der Waals surface area contributed by atoms with Crippen LogP contribution in [0, 0.1) is 12.3 Å². The number of imidazole rings is 2. The van der Waals surface area contributed by atoms with E-state index in [0.717, 1.165) is 47.3 Å². The Morgan fingerprint density at radius 3 is 2.78 bits per heavy atom. The Kier molecular flexibility index (Phi) is 3.79. The number of aromatic amines is 1. The van der Waals surface area contributed by atoms with Crippen molar-refractivity contribution in [2.24, 2.45) is 12.5 Å². The van der Waals surface area contributed by atoms with Gasteiger partial charge in [-0.25, -0.2) is 9.97 Å². The van der Waals surface area contributed by atoms with Gasteiger partial charge in [0.05, 0.1) is 28.4 Å². The summed E-state index contributed by atoms with van der Waals surface area (Å²) in [4.78, 5) is 28.0. The standard InChI is InChI=1S/C26H29N5O/c1-15-29-21-11-17-12-23-25(2,3)26(4,18(17)13-22(21)30(15)5)8-9-31(23)24(32)16-6-7-19-20(10-16)28-14-27-19/h6-7,10-11,13-14,23H,8-9,12H2,1-5H3,(H,27,28)/t23?,26-/m0/s1. The summed E-state index contributed by atoms with van der Waals surface area (Å²) < 4.78 is 2.18. The van der Waals surface area contributed by atoms with E-state index in [-0.39, 0.29) is 22.8 Å². The van der Waals surface area contributed by atoms with Crippen LogP contribution in [0.1, 0.15) is 54.5 Å². The first-order valence-corrected chi connectivity index (χ1v) is 11.4. The Balaban J connectivity index is 1.45. The van der Waals surface area contributed by atoms with Crippen LogP contribution < -0.4 is 0 Å². The lowest BCUT2D eigenvalue weighted by Gasteiger charge is -2.60. The molecule has 4 aromatic rings. The minimum absolute atomic E-state index is 0.00171. The number of rotatable bonds is 1. The zero-order chi connectivity index (χ0) is 22.4. The first-order chi connectivity index (χ1) is 15.2. The number of hydrogen-bond acceptors (Lipinski definition) is 3. The maximum Gasteiger partial charge on any atom is 0.254 e. The summed E-state index contributed by atoms with van der Waals surface area (Å²) in [7, 11) is 2.09. The first-order valence-electron chi connectivity index (χ1n) is 11.4. The molecule has 6 heteroatoms. The van der Waals surface area contributed by atoms with Gasteiger partial charge < -0.3 is 14.5 Å². The molecule has 0 radical (unpaired) electrons. The number of piperidine rings is 1. The van der Waals surface area contributed by atoms with Crippen molar-refractivity contribution in [3.8, 4) is 0 Å². The summed E-state index contributed by atoms with van der Waals surface area (Å²) in [5.41, 5.74) is 7.48. The first kappa shape index (κ1) is 19.5. The number of nitrogens with one attached hydrogen (secondary N) is 1. The van der Waals surface area contributed by atoms with Crippen LogP contribution in [0.15, 0.2) is 36.7 Å². The van der Waals surface area contributed by atoms with E-state index >= 15 is 0 Å². The number of carbonyl (C=O) groups is 1. The lowest BCUT2D eigenvalue weighted by Crippen LogP contribution is -2.64. The number of H-pyrrole nitrogens is 1. The number of hydrogen-bond donors (Lipinski definition) is 1. The van der Waals surface area contributed by atoms with Crippen LogP contribution in [0.3, 0.4) is 0 Å². The Labute approximate surface area is 187 Å². The monoisotopic (exact) mass is 427 g/mol. The Morgan fingerprint density at radius 1 is 1.16 bits per heavy atom. The number of aromatic nitrogens is 4. The molecule has 2 bridgehead atoms. The molecule has 1 fully saturated rings. The average molecular weight is 428 g/mol. The Bertz CT molecular complexity index is 1410. The summed E-state index contributed by atoms with van der Waals surface area (Å²) in [5, 5.41) is 0. The molecule has 3 heterocycles. The molecule has 0 saturated carbocycles. The van der Waals surface area contributed by atoms with Gasteiger partial charge in [0.1, 0.15) is 5.82 Å². The maximum absolute atomic E-state index is 13.7. The molecule has 0 spiro atoms. The molecule has 2 atom stereocenters. The van der Waals surface area contributed by atoms with Crippen LogP contribution in [-0.2, 0) is 18.9 Å². The van der Waals surface area contributed by atoms with Gasteiger partial charge in [-0.2, -0.15) is 0 Å². The van der Waals surface area contributed by atoms with Gasteiger partial charge in [-0.15, -0.1) is 0 Å². The quantitative estimate of drug-likeness (QED) is 0.486. The second-order valence-electron chi connectivity index (χ2n) is 10.4. The van der Waals surface area contributed by atoms with Crippen molar-refractivity contribution < 1.29 is 4.79 Å². The highest BCUT2D eigenvalue weighted by Gasteiger charge is 2.57. The lowest BCUT2D eigenvalue weighted by molar-refractivity contribution is -0.0261. The van der Waals surface area contributed by atoms with Crippen LogP contribution in [0.25, 0.3) is 22.1 Å². The van der Waals surface area contributed by atoms with Crippen molar-refractivity contribution in [3.63, 3.8) is 0 Å². The van der Waals surface area contributed by atoms with Crippen molar-refractivity contribution in [2.75, 3.05) is 6.54 Å². The third-order valence-electron chi connectivity index (χ3n) is 8.75. The Hall–Kier alpha value is -3.15. The van der Waals surface area contributed by atoms with Gasteiger partial charge in [0.25, 0.3) is 5.91 Å². The van der Waals surface area contributed by atoms with E-state index in [4.69, 9.17) is 4.98 Å². The highest BCUT2D eigenvalue weighted by atomic mass is 16.2. The van der Waals surface area contributed by atoms with E-state index in [1.165, 1.54) is 16.6 Å². The molecule has 6 nitrogen and oxygen atoms in total. The maximum atomic E-state index is 13.7. The fourth-order valence-electron chi connectivity index (χ4n) is 6.20. The number of nitrogens with zero attached hydrogens (tertiary/aromatic N) is 4. The van der Waals surface area contributed by atoms with Gasteiger partial charge in [0.2, 0.25) is 0 Å². The summed E-state index contributed by atoms with van der Waals surface area (Å²) in [6.45, 7) is 9.91. The van der Waals surface area contributed by atoms with Gasteiger partial charge in [-0.05, 0) is 66.6 Å². The minimum atomic E-state index is -0.0483. The van der Waals surface area contributed by atoms with Crippen molar-refractivity contribution in [1.82, 2.24) is 24.4 Å². The third kappa shape index (κ3) is 2.38. The number of fused-ring (bicyclic) bond motifs is 6. The number of aryl methyl sites for hydroxylation is 2. The van der Waals surface area contributed by atoms with Crippen LogP contribution in [0.4, 0.5) is 0 Å². The van der Waals surface area contributed by atoms with Gasteiger partial charge >= 0.3 is 0 Å². The molecule has 164 valence electrons. The van der Waals surface area contributed by atoms with E-state index in [0.29, 0.717) is 0 Å². The average Bonchev–Trinajstić information content (AvgIpc) is 3.33. The topological polar surface area (TPSA) is 66.8 Å². The van der Waals surface area contributed by atoms with Gasteiger partial charge in [-0.3, -0.25) is 4.79 Å². The van der Waals surface area contributed by atoms with E-state index in [1.54, 1.807) is 6.33 Å². The highest BCUT2D eigenvalue weighted by Crippen LogP contribution is 2.56. The fourth-order valence-corrected chi connectivity index (χ4v) is 6.20. The third-order valence-corrected chi connectivity index (χ3v) is 8.75. The smallest absolute Gasteiger partial charge is 0.254 e. The molecule has 1 aliphatic heterocycles. The summed E-state index contributed by atoms with van der Waals surface area (Å²) in [5.74, 6) is 1.14. The SMILES string of the molecule is Cc1nc2cc3c(cc2n1C)[C@]1(C)CCN(C(=O)c2ccc4nc[nH]c4c2)C(C3)C1(C)C. The van der Waals surface area contributed by atoms with Gasteiger partial charge in [0, 0.05) is 30.6 Å². The van der Waals surface area contributed by atoms with E-state index in [1.807, 2.05) is 18.2 Å². The molecule has 2 aromatic heterocycles. The largest absolute Gasteiger partial charge is 0.345 e. The molecular formula is C26H29N5O. The molecule has 1 unspecified atom stereocenters.